The summed E-state index contributed by atoms with van der Waals surface area (Å²) in [4.78, 5) is 26.6. The van der Waals surface area contributed by atoms with Crippen LogP contribution in [0.4, 0.5) is 10.2 Å². The number of imidazole rings is 1. The van der Waals surface area contributed by atoms with Crippen molar-refractivity contribution in [3.8, 4) is 17.1 Å². The molecule has 3 aromatic rings. The van der Waals surface area contributed by atoms with Gasteiger partial charge in [-0.25, -0.2) is 19.3 Å². The molecule has 0 radical (unpaired) electrons. The third-order valence-electron chi connectivity index (χ3n) is 5.35. The Morgan fingerprint density at radius 3 is 2.60 bits per heavy atom. The van der Waals surface area contributed by atoms with E-state index in [2.05, 4.69) is 31.8 Å². The number of hydrogen-bond donors (Lipinski definition) is 2. The Labute approximate surface area is 173 Å². The first-order valence-electron chi connectivity index (χ1n) is 9.45. The van der Waals surface area contributed by atoms with Gasteiger partial charge in [-0.1, -0.05) is 0 Å². The summed E-state index contributed by atoms with van der Waals surface area (Å²) in [6.45, 7) is 3.56. The van der Waals surface area contributed by atoms with E-state index in [1.54, 1.807) is 17.7 Å². The minimum absolute atomic E-state index is 0.141. The third kappa shape index (κ3) is 4.04. The molecule has 9 nitrogen and oxygen atoms in total. The van der Waals surface area contributed by atoms with Crippen molar-refractivity contribution in [2.75, 3.05) is 32.1 Å². The lowest BCUT2D eigenvalue weighted by atomic mass is 10.1. The Morgan fingerprint density at radius 1 is 1.30 bits per heavy atom. The molecule has 2 aromatic heterocycles. The van der Waals surface area contributed by atoms with Crippen LogP contribution in [0.15, 0.2) is 18.3 Å². The van der Waals surface area contributed by atoms with Crippen LogP contribution in [0.3, 0.4) is 0 Å². The second-order valence-electron chi connectivity index (χ2n) is 7.41. The minimum atomic E-state index is -0.478. The molecule has 2 N–H and O–H groups in total. The molecule has 0 saturated carbocycles. The van der Waals surface area contributed by atoms with E-state index >= 15 is 0 Å². The summed E-state index contributed by atoms with van der Waals surface area (Å²) in [5, 5.41) is 17.1. The molecule has 0 bridgehead atoms. The predicted octanol–water partition coefficient (Wildman–Crippen LogP) is 2.02. The maximum atomic E-state index is 13.5. The van der Waals surface area contributed by atoms with Gasteiger partial charge in [-0.2, -0.15) is 0 Å². The number of halogens is 1. The number of anilines is 1. The van der Waals surface area contributed by atoms with Gasteiger partial charge in [-0.05, 0) is 38.6 Å². The summed E-state index contributed by atoms with van der Waals surface area (Å²) in [5.41, 5.74) is 2.23. The molecule has 30 heavy (non-hydrogen) atoms. The largest absolute Gasteiger partial charge is 0.507 e. The van der Waals surface area contributed by atoms with E-state index in [1.165, 1.54) is 6.07 Å². The van der Waals surface area contributed by atoms with Gasteiger partial charge in [0.05, 0.1) is 11.8 Å². The van der Waals surface area contributed by atoms with Crippen LogP contribution in [-0.2, 0) is 11.8 Å². The van der Waals surface area contributed by atoms with Gasteiger partial charge in [0.1, 0.15) is 23.2 Å². The lowest BCUT2D eigenvalue weighted by Gasteiger charge is -2.24. The highest BCUT2D eigenvalue weighted by Crippen LogP contribution is 2.34. The van der Waals surface area contributed by atoms with Gasteiger partial charge in [0.25, 0.3) is 6.47 Å². The number of benzene rings is 1. The quantitative estimate of drug-likeness (QED) is 0.625. The molecule has 0 aliphatic carbocycles. The highest BCUT2D eigenvalue weighted by atomic mass is 19.1. The Morgan fingerprint density at radius 2 is 2.00 bits per heavy atom. The maximum absolute atomic E-state index is 13.5. The third-order valence-corrected chi connectivity index (χ3v) is 5.35. The van der Waals surface area contributed by atoms with Gasteiger partial charge in [-0.15, -0.1) is 0 Å². The van der Waals surface area contributed by atoms with E-state index in [9.17, 15) is 9.50 Å². The SMILES string of the molecule is Cc1cc(F)cc(O)c1-c1nc2nc(N(C)[C@@H]3CCN(C)C3)cnc2n1C.O=CO. The van der Waals surface area contributed by atoms with E-state index in [1.807, 2.05) is 14.1 Å². The van der Waals surface area contributed by atoms with Crippen molar-refractivity contribution in [2.45, 2.75) is 19.4 Å². The van der Waals surface area contributed by atoms with Crippen LogP contribution in [0.5, 0.6) is 5.75 Å². The standard InChI is InChI=1S/C19H23FN6O.CH2O2/c1-11-7-12(20)8-14(27)16(11)18-23-17-19(26(18)4)21-9-15(22-17)25(3)13-5-6-24(2)10-13;2-1-3/h7-9,13,27H,5-6,10H2,1-4H3;1H,(H,2,3)/t13-;/m1./s1. The lowest BCUT2D eigenvalue weighted by Crippen LogP contribution is -2.34. The van der Waals surface area contributed by atoms with Crippen LogP contribution in [0, 0.1) is 12.7 Å². The topological polar surface area (TPSA) is 108 Å². The maximum Gasteiger partial charge on any atom is 0.290 e. The summed E-state index contributed by atoms with van der Waals surface area (Å²) >= 11 is 0. The number of likely N-dealkylation sites (N-methyl/N-ethyl adjacent to an activating group) is 2. The number of likely N-dealkylation sites (tertiary alicyclic amines) is 1. The van der Waals surface area contributed by atoms with Crippen molar-refractivity contribution in [2.24, 2.45) is 7.05 Å². The Kier molecular flexibility index (Phi) is 6.16. The molecule has 3 heterocycles. The van der Waals surface area contributed by atoms with Gasteiger partial charge in [0, 0.05) is 32.7 Å². The number of aromatic nitrogens is 4. The van der Waals surface area contributed by atoms with E-state index in [0.29, 0.717) is 34.3 Å². The summed E-state index contributed by atoms with van der Waals surface area (Å²) in [5.74, 6) is 0.666. The number of phenolic OH excluding ortho intramolecular Hbond substituents is 1. The molecule has 0 spiro atoms. The van der Waals surface area contributed by atoms with Crippen molar-refractivity contribution < 1.29 is 19.4 Å². The van der Waals surface area contributed by atoms with Gasteiger partial charge >= 0.3 is 0 Å². The van der Waals surface area contributed by atoms with Crippen LogP contribution in [0.1, 0.15) is 12.0 Å². The van der Waals surface area contributed by atoms with Crippen LogP contribution < -0.4 is 4.90 Å². The van der Waals surface area contributed by atoms with E-state index in [-0.39, 0.29) is 12.2 Å². The summed E-state index contributed by atoms with van der Waals surface area (Å²) < 4.78 is 15.3. The minimum Gasteiger partial charge on any atom is -0.507 e. The zero-order valence-electron chi connectivity index (χ0n) is 17.4. The lowest BCUT2D eigenvalue weighted by molar-refractivity contribution is -0.122. The molecule has 0 unspecified atom stereocenters. The Balaban J connectivity index is 0.000000806. The Bertz CT molecular complexity index is 1050. The fourth-order valence-corrected chi connectivity index (χ4v) is 3.78. The van der Waals surface area contributed by atoms with Crippen LogP contribution in [0.25, 0.3) is 22.7 Å². The highest BCUT2D eigenvalue weighted by molar-refractivity contribution is 5.78. The second kappa shape index (κ2) is 8.62. The fraction of sp³-hybridized carbons (Fsp3) is 0.400. The number of carboxylic acid groups (broad SMARTS) is 1. The van der Waals surface area contributed by atoms with Gasteiger partial charge < -0.3 is 24.6 Å². The van der Waals surface area contributed by atoms with Crippen LogP contribution in [-0.4, -0.2) is 74.3 Å². The number of hydrogen-bond acceptors (Lipinski definition) is 7. The smallest absolute Gasteiger partial charge is 0.290 e. The average Bonchev–Trinajstić information content (AvgIpc) is 3.25. The average molecular weight is 416 g/mol. The van der Waals surface area contributed by atoms with Crippen molar-refractivity contribution in [3.63, 3.8) is 0 Å². The van der Waals surface area contributed by atoms with Crippen molar-refractivity contribution in [1.29, 1.82) is 0 Å². The summed E-state index contributed by atoms with van der Waals surface area (Å²) in [7, 11) is 5.96. The molecular formula is C20H25FN6O3. The molecule has 4 rings (SSSR count). The molecule has 1 aliphatic heterocycles. The zero-order valence-corrected chi connectivity index (χ0v) is 17.4. The normalized spacial score (nSPS) is 16.4. The fourth-order valence-electron chi connectivity index (χ4n) is 3.78. The molecule has 0 amide bonds. The molecule has 1 saturated heterocycles. The van der Waals surface area contributed by atoms with Gasteiger partial charge in [0.2, 0.25) is 0 Å². The van der Waals surface area contributed by atoms with E-state index in [0.717, 1.165) is 31.4 Å². The van der Waals surface area contributed by atoms with Gasteiger partial charge in [0.15, 0.2) is 11.3 Å². The molecule has 1 aromatic carbocycles. The van der Waals surface area contributed by atoms with Crippen molar-refractivity contribution in [1.82, 2.24) is 24.4 Å². The van der Waals surface area contributed by atoms with Crippen LogP contribution in [0.2, 0.25) is 0 Å². The zero-order chi connectivity index (χ0) is 22.0. The number of carbonyl (C=O) groups is 1. The van der Waals surface area contributed by atoms with Gasteiger partial charge in [-0.3, -0.25) is 4.79 Å². The van der Waals surface area contributed by atoms with Crippen LogP contribution >= 0.6 is 0 Å². The monoisotopic (exact) mass is 416 g/mol. The van der Waals surface area contributed by atoms with Crippen molar-refractivity contribution in [3.05, 3.63) is 29.7 Å². The molecule has 160 valence electrons. The van der Waals surface area contributed by atoms with Crippen molar-refractivity contribution >= 4 is 23.6 Å². The predicted molar refractivity (Wildman–Crippen MR) is 111 cm³/mol. The molecule has 1 aliphatic rings. The summed E-state index contributed by atoms with van der Waals surface area (Å²) in [6.07, 6.45) is 2.84. The molecule has 1 fully saturated rings. The number of rotatable bonds is 3. The molecule has 1 atom stereocenters. The number of phenols is 1. The van der Waals surface area contributed by atoms with E-state index in [4.69, 9.17) is 9.90 Å². The Hall–Kier alpha value is -3.27. The number of nitrogens with zero attached hydrogens (tertiary/aromatic N) is 6. The first-order chi connectivity index (χ1) is 14.3. The molecular weight excluding hydrogens is 391 g/mol. The highest BCUT2D eigenvalue weighted by Gasteiger charge is 2.25. The van der Waals surface area contributed by atoms with E-state index < -0.39 is 5.82 Å². The summed E-state index contributed by atoms with van der Waals surface area (Å²) in [6, 6.07) is 2.87. The first-order valence-corrected chi connectivity index (χ1v) is 9.45. The number of aromatic hydroxyl groups is 1. The second-order valence-corrected chi connectivity index (χ2v) is 7.41. The number of fused-ring (bicyclic) bond motifs is 1. The molecule has 10 heteroatoms. The number of aryl methyl sites for hydroxylation is 2. The first kappa shape index (κ1) is 21.4.